The van der Waals surface area contributed by atoms with E-state index in [0.29, 0.717) is 6.54 Å². The summed E-state index contributed by atoms with van der Waals surface area (Å²) < 4.78 is 27.7. The van der Waals surface area contributed by atoms with Gasteiger partial charge in [0.15, 0.2) is 0 Å². The monoisotopic (exact) mass is 391 g/mol. The number of rotatable bonds is 6. The third-order valence-electron chi connectivity index (χ3n) is 3.99. The molecule has 0 bridgehead atoms. The average molecular weight is 391 g/mol. The number of amides is 1. The van der Waals surface area contributed by atoms with Crippen molar-refractivity contribution in [2.75, 3.05) is 4.72 Å². The molecule has 2 N–H and O–H groups in total. The van der Waals surface area contributed by atoms with Crippen LogP contribution in [0.3, 0.4) is 0 Å². The number of sulfonamides is 1. The Hall–Kier alpha value is -3.63. The van der Waals surface area contributed by atoms with Crippen LogP contribution in [-0.4, -0.2) is 14.3 Å². The molecule has 1 amide bonds. The van der Waals surface area contributed by atoms with E-state index < -0.39 is 10.0 Å². The predicted molar refractivity (Wildman–Crippen MR) is 106 cm³/mol. The Morgan fingerprint density at radius 2 is 1.64 bits per heavy atom. The Labute approximate surface area is 163 Å². The number of anilines is 1. The van der Waals surface area contributed by atoms with Crippen LogP contribution in [0.1, 0.15) is 21.5 Å². The van der Waals surface area contributed by atoms with Crippen LogP contribution < -0.4 is 10.0 Å². The van der Waals surface area contributed by atoms with E-state index in [1.54, 1.807) is 18.2 Å². The van der Waals surface area contributed by atoms with Gasteiger partial charge in [-0.05, 0) is 35.9 Å². The van der Waals surface area contributed by atoms with Gasteiger partial charge < -0.3 is 5.32 Å². The summed E-state index contributed by atoms with van der Waals surface area (Å²) in [6.45, 7) is 0.338. The number of carbonyl (C=O) groups excluding carboxylic acids is 1. The number of para-hydroxylation sites is 1. The highest BCUT2D eigenvalue weighted by Gasteiger charge is 2.18. The van der Waals surface area contributed by atoms with Crippen LogP contribution in [0.15, 0.2) is 83.8 Å². The minimum absolute atomic E-state index is 0.0624. The lowest BCUT2D eigenvalue weighted by Gasteiger charge is -2.11. The van der Waals surface area contributed by atoms with Crippen LogP contribution in [0.2, 0.25) is 0 Å². The molecule has 0 heterocycles. The number of hydrogen-bond donors (Lipinski definition) is 2. The van der Waals surface area contributed by atoms with Crippen molar-refractivity contribution in [2.45, 2.75) is 11.4 Å². The van der Waals surface area contributed by atoms with Crippen molar-refractivity contribution >= 4 is 21.6 Å². The maximum absolute atomic E-state index is 12.7. The first-order valence-electron chi connectivity index (χ1n) is 8.44. The smallest absolute Gasteiger partial charge is 0.261 e. The van der Waals surface area contributed by atoms with Gasteiger partial charge in [0.1, 0.15) is 6.07 Å². The van der Waals surface area contributed by atoms with Gasteiger partial charge in [-0.15, -0.1) is 0 Å². The zero-order chi connectivity index (χ0) is 20.0. The molecular weight excluding hydrogens is 374 g/mol. The van der Waals surface area contributed by atoms with Gasteiger partial charge in [0.25, 0.3) is 15.9 Å². The third kappa shape index (κ3) is 4.55. The number of nitrogens with one attached hydrogen (secondary N) is 2. The van der Waals surface area contributed by atoms with Crippen molar-refractivity contribution < 1.29 is 13.2 Å². The van der Waals surface area contributed by atoms with Crippen LogP contribution in [0.4, 0.5) is 5.69 Å². The molecule has 0 saturated carbocycles. The third-order valence-corrected chi connectivity index (χ3v) is 5.36. The van der Waals surface area contributed by atoms with E-state index in [1.165, 1.54) is 30.3 Å². The van der Waals surface area contributed by atoms with Crippen molar-refractivity contribution in [2.24, 2.45) is 0 Å². The van der Waals surface area contributed by atoms with Crippen LogP contribution in [-0.2, 0) is 16.6 Å². The first-order valence-corrected chi connectivity index (χ1v) is 9.92. The normalized spacial score (nSPS) is 10.7. The van der Waals surface area contributed by atoms with E-state index in [4.69, 9.17) is 5.26 Å². The standard InChI is InChI=1S/C21H17N3O3S/c22-14-18-9-4-5-12-20(18)24-28(26,27)19-11-6-10-17(13-19)21(25)23-15-16-7-2-1-3-8-16/h1-13,24H,15H2,(H,23,25). The summed E-state index contributed by atoms with van der Waals surface area (Å²) in [6.07, 6.45) is 0. The van der Waals surface area contributed by atoms with Gasteiger partial charge >= 0.3 is 0 Å². The van der Waals surface area contributed by atoms with Crippen molar-refractivity contribution in [1.82, 2.24) is 5.32 Å². The first-order chi connectivity index (χ1) is 13.5. The summed E-state index contributed by atoms with van der Waals surface area (Å²) in [7, 11) is -3.95. The fourth-order valence-corrected chi connectivity index (χ4v) is 3.68. The average Bonchev–Trinajstić information content (AvgIpc) is 2.73. The van der Waals surface area contributed by atoms with E-state index in [1.807, 2.05) is 36.4 Å². The molecule has 0 aliphatic rings. The Morgan fingerprint density at radius 3 is 2.39 bits per heavy atom. The first kappa shape index (κ1) is 19.1. The molecule has 0 aliphatic carbocycles. The topological polar surface area (TPSA) is 99.1 Å². The Balaban J connectivity index is 1.78. The maximum atomic E-state index is 12.7. The molecule has 0 saturated heterocycles. The Morgan fingerprint density at radius 1 is 0.929 bits per heavy atom. The molecule has 0 fully saturated rings. The molecule has 6 nitrogen and oxygen atoms in total. The summed E-state index contributed by atoms with van der Waals surface area (Å²) in [5.74, 6) is -0.377. The summed E-state index contributed by atoms with van der Waals surface area (Å²) >= 11 is 0. The van der Waals surface area contributed by atoms with Crippen LogP contribution in [0.5, 0.6) is 0 Å². The SMILES string of the molecule is N#Cc1ccccc1NS(=O)(=O)c1cccc(C(=O)NCc2ccccc2)c1. The molecule has 7 heteroatoms. The Kier molecular flexibility index (Phi) is 5.72. The van der Waals surface area contributed by atoms with Crippen LogP contribution in [0, 0.1) is 11.3 Å². The van der Waals surface area contributed by atoms with E-state index in [2.05, 4.69) is 10.0 Å². The molecule has 28 heavy (non-hydrogen) atoms. The van der Waals surface area contributed by atoms with Crippen LogP contribution >= 0.6 is 0 Å². The van der Waals surface area contributed by atoms with Crippen molar-refractivity contribution in [1.29, 1.82) is 5.26 Å². The number of benzene rings is 3. The number of nitrogens with zero attached hydrogens (tertiary/aromatic N) is 1. The van der Waals surface area contributed by atoms with Crippen molar-refractivity contribution in [3.05, 3.63) is 95.6 Å². The quantitative estimate of drug-likeness (QED) is 0.673. The van der Waals surface area contributed by atoms with E-state index in [0.717, 1.165) is 5.56 Å². The highest BCUT2D eigenvalue weighted by atomic mass is 32.2. The van der Waals surface area contributed by atoms with Gasteiger partial charge in [-0.3, -0.25) is 9.52 Å². The lowest BCUT2D eigenvalue weighted by molar-refractivity contribution is 0.0950. The molecular formula is C21H17N3O3S. The molecule has 0 aromatic heterocycles. The Bertz CT molecular complexity index is 1140. The number of hydrogen-bond acceptors (Lipinski definition) is 4. The number of carbonyl (C=O) groups is 1. The second-order valence-corrected chi connectivity index (χ2v) is 7.64. The fraction of sp³-hybridized carbons (Fsp3) is 0.0476. The summed E-state index contributed by atoms with van der Waals surface area (Å²) in [5.41, 5.74) is 1.56. The second-order valence-electron chi connectivity index (χ2n) is 5.96. The van der Waals surface area contributed by atoms with E-state index in [9.17, 15) is 13.2 Å². The van der Waals surface area contributed by atoms with Gasteiger partial charge in [-0.25, -0.2) is 8.42 Å². The van der Waals surface area contributed by atoms with Crippen LogP contribution in [0.25, 0.3) is 0 Å². The van der Waals surface area contributed by atoms with Gasteiger partial charge in [-0.1, -0.05) is 48.5 Å². The highest BCUT2D eigenvalue weighted by Crippen LogP contribution is 2.20. The molecule has 0 unspecified atom stereocenters. The molecule has 0 atom stereocenters. The molecule has 140 valence electrons. The van der Waals surface area contributed by atoms with Gasteiger partial charge in [-0.2, -0.15) is 5.26 Å². The molecule has 3 aromatic carbocycles. The van der Waals surface area contributed by atoms with Gasteiger partial charge in [0.2, 0.25) is 0 Å². The minimum Gasteiger partial charge on any atom is -0.348 e. The van der Waals surface area contributed by atoms with E-state index in [-0.39, 0.29) is 27.6 Å². The minimum atomic E-state index is -3.95. The highest BCUT2D eigenvalue weighted by molar-refractivity contribution is 7.92. The van der Waals surface area contributed by atoms with Crippen molar-refractivity contribution in [3.8, 4) is 6.07 Å². The van der Waals surface area contributed by atoms with Gasteiger partial charge in [0, 0.05) is 12.1 Å². The molecule has 0 aliphatic heterocycles. The summed E-state index contributed by atoms with van der Waals surface area (Å²) in [6, 6.07) is 23.4. The summed E-state index contributed by atoms with van der Waals surface area (Å²) in [4.78, 5) is 12.3. The fourth-order valence-electron chi connectivity index (χ4n) is 2.56. The molecule has 0 spiro atoms. The summed E-state index contributed by atoms with van der Waals surface area (Å²) in [5, 5.41) is 11.9. The molecule has 3 rings (SSSR count). The second kappa shape index (κ2) is 8.37. The van der Waals surface area contributed by atoms with E-state index >= 15 is 0 Å². The lowest BCUT2D eigenvalue weighted by atomic mass is 10.2. The maximum Gasteiger partial charge on any atom is 0.261 e. The zero-order valence-electron chi connectivity index (χ0n) is 14.8. The van der Waals surface area contributed by atoms with Crippen molar-refractivity contribution in [3.63, 3.8) is 0 Å². The predicted octanol–water partition coefficient (Wildman–Crippen LogP) is 3.29. The lowest BCUT2D eigenvalue weighted by Crippen LogP contribution is -2.23. The largest absolute Gasteiger partial charge is 0.348 e. The number of nitriles is 1. The molecule has 0 radical (unpaired) electrons. The van der Waals surface area contributed by atoms with Gasteiger partial charge in [0.05, 0.1) is 16.1 Å². The molecule has 3 aromatic rings. The zero-order valence-corrected chi connectivity index (χ0v) is 15.6.